The Morgan fingerprint density at radius 1 is 1.50 bits per heavy atom. The Labute approximate surface area is 107 Å². The van der Waals surface area contributed by atoms with Crippen molar-refractivity contribution in [3.63, 3.8) is 0 Å². The van der Waals surface area contributed by atoms with Crippen molar-refractivity contribution in [2.75, 3.05) is 24.6 Å². The molecule has 2 heterocycles. The molecule has 0 radical (unpaired) electrons. The Kier molecular flexibility index (Phi) is 3.94. The zero-order valence-electron chi connectivity index (χ0n) is 9.90. The third-order valence-corrected chi connectivity index (χ3v) is 3.59. The van der Waals surface area contributed by atoms with Crippen molar-refractivity contribution >= 4 is 16.7 Å². The molecule has 102 valence electrons. The van der Waals surface area contributed by atoms with Crippen LogP contribution in [0.4, 0.5) is 18.3 Å². The third-order valence-electron chi connectivity index (χ3n) is 2.82. The van der Waals surface area contributed by atoms with Gasteiger partial charge >= 0.3 is 12.2 Å². The number of hydrogen-bond acceptors (Lipinski definition) is 5. The minimum atomic E-state index is -4.13. The van der Waals surface area contributed by atoms with Crippen LogP contribution in [0, 0.1) is 5.92 Å². The predicted octanol–water partition coefficient (Wildman–Crippen LogP) is 2.72. The second-order valence-corrected chi connectivity index (χ2v) is 4.85. The van der Waals surface area contributed by atoms with Crippen molar-refractivity contribution in [1.82, 2.24) is 9.36 Å². The molecule has 0 amide bonds. The van der Waals surface area contributed by atoms with Crippen molar-refractivity contribution in [3.05, 3.63) is 0 Å². The molecule has 0 aromatic carbocycles. The molecule has 1 aliphatic rings. The number of anilines is 1. The highest BCUT2D eigenvalue weighted by molar-refractivity contribution is 7.09. The molecule has 0 N–H and O–H groups in total. The number of halogens is 3. The molecule has 1 atom stereocenters. The fourth-order valence-corrected chi connectivity index (χ4v) is 2.59. The first-order chi connectivity index (χ1) is 8.50. The lowest BCUT2D eigenvalue weighted by atomic mass is 9.98. The first-order valence-electron chi connectivity index (χ1n) is 5.79. The lowest BCUT2D eigenvalue weighted by molar-refractivity contribution is -0.175. The highest BCUT2D eigenvalue weighted by Gasteiger charge is 2.42. The van der Waals surface area contributed by atoms with Gasteiger partial charge in [0.2, 0.25) is 5.13 Å². The summed E-state index contributed by atoms with van der Waals surface area (Å²) in [5, 5.41) is 0.507. The Bertz CT molecular complexity index is 396. The van der Waals surface area contributed by atoms with Crippen molar-refractivity contribution in [3.8, 4) is 6.01 Å². The van der Waals surface area contributed by atoms with Crippen molar-refractivity contribution in [2.24, 2.45) is 5.92 Å². The second-order valence-electron chi connectivity index (χ2n) is 4.12. The van der Waals surface area contributed by atoms with Gasteiger partial charge in [-0.3, -0.25) is 0 Å². The molecule has 1 unspecified atom stereocenters. The van der Waals surface area contributed by atoms with Crippen molar-refractivity contribution in [2.45, 2.75) is 25.9 Å². The van der Waals surface area contributed by atoms with Gasteiger partial charge in [0, 0.05) is 24.6 Å². The highest BCUT2D eigenvalue weighted by Crippen LogP contribution is 2.35. The molecule has 0 spiro atoms. The summed E-state index contributed by atoms with van der Waals surface area (Å²) in [5.74, 6) is -1.27. The van der Waals surface area contributed by atoms with E-state index < -0.39 is 12.1 Å². The van der Waals surface area contributed by atoms with Crippen LogP contribution in [0.5, 0.6) is 6.01 Å². The largest absolute Gasteiger partial charge is 0.463 e. The van der Waals surface area contributed by atoms with Crippen LogP contribution in [-0.2, 0) is 0 Å². The number of nitrogens with zero attached hydrogens (tertiary/aromatic N) is 3. The standard InChI is InChI=1S/C10H14F3N3OS/c1-2-17-8-14-9(18-15-8)16-5-3-4-7(6-16)10(11,12)13/h7H,2-6H2,1H3. The van der Waals surface area contributed by atoms with Gasteiger partial charge in [-0.25, -0.2) is 0 Å². The summed E-state index contributed by atoms with van der Waals surface area (Å²) in [6.45, 7) is 2.81. The van der Waals surface area contributed by atoms with Crippen LogP contribution in [0.3, 0.4) is 0 Å². The molecule has 18 heavy (non-hydrogen) atoms. The Morgan fingerprint density at radius 2 is 2.28 bits per heavy atom. The molecular formula is C10H14F3N3OS. The van der Waals surface area contributed by atoms with Gasteiger partial charge in [-0.15, -0.1) is 4.37 Å². The molecule has 8 heteroatoms. The van der Waals surface area contributed by atoms with Crippen LogP contribution in [0.15, 0.2) is 0 Å². The number of alkyl halides is 3. The van der Waals surface area contributed by atoms with Gasteiger partial charge in [-0.2, -0.15) is 18.2 Å². The summed E-state index contributed by atoms with van der Waals surface area (Å²) in [4.78, 5) is 5.72. The van der Waals surface area contributed by atoms with Gasteiger partial charge in [0.15, 0.2) is 0 Å². The summed E-state index contributed by atoms with van der Waals surface area (Å²) in [5.41, 5.74) is 0. The topological polar surface area (TPSA) is 38.2 Å². The molecule has 1 fully saturated rings. The summed E-state index contributed by atoms with van der Waals surface area (Å²) >= 11 is 1.08. The van der Waals surface area contributed by atoms with Crippen molar-refractivity contribution in [1.29, 1.82) is 0 Å². The van der Waals surface area contributed by atoms with E-state index in [2.05, 4.69) is 9.36 Å². The summed E-state index contributed by atoms with van der Waals surface area (Å²) < 4.78 is 47.1. The van der Waals surface area contributed by atoms with Gasteiger partial charge < -0.3 is 9.64 Å². The van der Waals surface area contributed by atoms with E-state index in [1.54, 1.807) is 11.8 Å². The van der Waals surface area contributed by atoms with E-state index in [1.165, 1.54) is 0 Å². The summed E-state index contributed by atoms with van der Waals surface area (Å²) in [7, 11) is 0. The molecule has 1 aromatic rings. The van der Waals surface area contributed by atoms with Gasteiger partial charge in [0.25, 0.3) is 0 Å². The molecule has 1 aromatic heterocycles. The molecular weight excluding hydrogens is 267 g/mol. The van der Waals surface area contributed by atoms with Crippen LogP contribution in [-0.4, -0.2) is 35.2 Å². The van der Waals surface area contributed by atoms with Crippen LogP contribution in [0.2, 0.25) is 0 Å². The van der Waals surface area contributed by atoms with Crippen LogP contribution < -0.4 is 9.64 Å². The maximum atomic E-state index is 12.7. The first-order valence-corrected chi connectivity index (χ1v) is 6.56. The number of aromatic nitrogens is 2. The zero-order valence-corrected chi connectivity index (χ0v) is 10.7. The van der Waals surface area contributed by atoms with Crippen LogP contribution in [0.1, 0.15) is 19.8 Å². The van der Waals surface area contributed by atoms with Crippen LogP contribution >= 0.6 is 11.5 Å². The SMILES string of the molecule is CCOc1nsc(N2CCCC(C(F)(F)F)C2)n1. The third kappa shape index (κ3) is 3.04. The number of piperidine rings is 1. The van der Waals surface area contributed by atoms with E-state index in [4.69, 9.17) is 4.74 Å². The van der Waals surface area contributed by atoms with Gasteiger partial charge in [-0.1, -0.05) is 0 Å². The molecule has 0 bridgehead atoms. The van der Waals surface area contributed by atoms with E-state index in [0.29, 0.717) is 24.7 Å². The molecule has 0 aliphatic carbocycles. The molecule has 2 rings (SSSR count). The van der Waals surface area contributed by atoms with Gasteiger partial charge in [0.05, 0.1) is 12.5 Å². The summed E-state index contributed by atoms with van der Waals surface area (Å²) in [6.07, 6.45) is -3.42. The molecule has 0 saturated carbocycles. The molecule has 1 saturated heterocycles. The van der Waals surface area contributed by atoms with E-state index in [-0.39, 0.29) is 19.0 Å². The van der Waals surface area contributed by atoms with E-state index in [9.17, 15) is 13.2 Å². The monoisotopic (exact) mass is 281 g/mol. The molecule has 1 aliphatic heterocycles. The normalized spacial score (nSPS) is 21.1. The minimum absolute atomic E-state index is 0.0374. The molecule has 4 nitrogen and oxygen atoms in total. The fourth-order valence-electron chi connectivity index (χ4n) is 1.94. The average molecular weight is 281 g/mol. The van der Waals surface area contributed by atoms with E-state index in [1.807, 2.05) is 0 Å². The Balaban J connectivity index is 2.03. The zero-order chi connectivity index (χ0) is 13.2. The number of rotatable bonds is 3. The predicted molar refractivity (Wildman–Crippen MR) is 62.1 cm³/mol. The average Bonchev–Trinajstić information content (AvgIpc) is 2.77. The van der Waals surface area contributed by atoms with Crippen molar-refractivity contribution < 1.29 is 17.9 Å². The summed E-state index contributed by atoms with van der Waals surface area (Å²) in [6, 6.07) is 0.242. The first kappa shape index (κ1) is 13.4. The lowest BCUT2D eigenvalue weighted by Gasteiger charge is -2.33. The van der Waals surface area contributed by atoms with E-state index in [0.717, 1.165) is 11.5 Å². The van der Waals surface area contributed by atoms with Crippen LogP contribution in [0.25, 0.3) is 0 Å². The Hall–Kier alpha value is -1.05. The van der Waals surface area contributed by atoms with E-state index >= 15 is 0 Å². The maximum Gasteiger partial charge on any atom is 0.393 e. The Morgan fingerprint density at radius 3 is 2.94 bits per heavy atom. The number of hydrogen-bond donors (Lipinski definition) is 0. The minimum Gasteiger partial charge on any atom is -0.463 e. The highest BCUT2D eigenvalue weighted by atomic mass is 32.1. The smallest absolute Gasteiger partial charge is 0.393 e. The van der Waals surface area contributed by atoms with Gasteiger partial charge in [-0.05, 0) is 19.8 Å². The fraction of sp³-hybridized carbons (Fsp3) is 0.800. The quantitative estimate of drug-likeness (QED) is 0.854. The maximum absolute atomic E-state index is 12.7. The number of ether oxygens (including phenoxy) is 1. The second kappa shape index (κ2) is 5.29. The lowest BCUT2D eigenvalue weighted by Crippen LogP contribution is -2.41. The van der Waals surface area contributed by atoms with Gasteiger partial charge in [0.1, 0.15) is 0 Å².